The van der Waals surface area contributed by atoms with Gasteiger partial charge < -0.3 is 0 Å². The quantitative estimate of drug-likeness (QED) is 0.833. The summed E-state index contributed by atoms with van der Waals surface area (Å²) in [5, 5.41) is 0. The lowest BCUT2D eigenvalue weighted by molar-refractivity contribution is 0.125. The summed E-state index contributed by atoms with van der Waals surface area (Å²) in [6.07, 6.45) is 8.94. The number of hydrogen-bond donors (Lipinski definition) is 0. The average molecular weight is 299 g/mol. The third-order valence-electron chi connectivity index (χ3n) is 5.77. The van der Waals surface area contributed by atoms with Crippen molar-refractivity contribution in [2.45, 2.75) is 51.6 Å². The van der Waals surface area contributed by atoms with Gasteiger partial charge in [-0.05, 0) is 55.6 Å². The van der Waals surface area contributed by atoms with Crippen LogP contribution in [0.2, 0.25) is 0 Å². The minimum Gasteiger partial charge on any atom is -0.299 e. The van der Waals surface area contributed by atoms with Gasteiger partial charge in [0.25, 0.3) is 0 Å². The van der Waals surface area contributed by atoms with E-state index in [9.17, 15) is 0 Å². The first kappa shape index (κ1) is 14.6. The molecule has 3 saturated heterocycles. The van der Waals surface area contributed by atoms with Crippen LogP contribution in [0.15, 0.2) is 18.3 Å². The molecule has 1 aromatic rings. The van der Waals surface area contributed by atoms with Crippen molar-refractivity contribution in [1.29, 1.82) is 0 Å². The predicted molar refractivity (Wildman–Crippen MR) is 89.7 cm³/mol. The van der Waals surface area contributed by atoms with Crippen molar-refractivity contribution in [3.63, 3.8) is 0 Å². The molecule has 4 aliphatic rings. The number of nitrogens with zero attached hydrogens (tertiary/aromatic N) is 3. The molecule has 2 bridgehead atoms. The van der Waals surface area contributed by atoms with Crippen LogP contribution in [-0.2, 0) is 13.0 Å². The summed E-state index contributed by atoms with van der Waals surface area (Å²) in [6.45, 7) is 8.47. The first-order chi connectivity index (χ1) is 10.8. The largest absolute Gasteiger partial charge is 0.299 e. The fourth-order valence-corrected chi connectivity index (χ4v) is 4.25. The van der Waals surface area contributed by atoms with Crippen LogP contribution in [0.1, 0.15) is 43.9 Å². The van der Waals surface area contributed by atoms with Crippen LogP contribution in [0.5, 0.6) is 0 Å². The number of rotatable bonds is 5. The van der Waals surface area contributed by atoms with Gasteiger partial charge in [-0.15, -0.1) is 0 Å². The second-order valence-corrected chi connectivity index (χ2v) is 7.70. The highest BCUT2D eigenvalue weighted by Crippen LogP contribution is 2.35. The Balaban J connectivity index is 1.40. The van der Waals surface area contributed by atoms with Crippen molar-refractivity contribution in [3.8, 4) is 0 Å². The van der Waals surface area contributed by atoms with Gasteiger partial charge in [0.05, 0.1) is 5.69 Å². The van der Waals surface area contributed by atoms with Crippen LogP contribution >= 0.6 is 0 Å². The van der Waals surface area contributed by atoms with Crippen molar-refractivity contribution < 1.29 is 0 Å². The summed E-state index contributed by atoms with van der Waals surface area (Å²) < 4.78 is 0. The molecule has 4 fully saturated rings. The van der Waals surface area contributed by atoms with E-state index in [2.05, 4.69) is 40.0 Å². The van der Waals surface area contributed by atoms with E-state index >= 15 is 0 Å². The Morgan fingerprint density at radius 3 is 2.73 bits per heavy atom. The van der Waals surface area contributed by atoms with E-state index in [0.29, 0.717) is 0 Å². The highest BCUT2D eigenvalue weighted by Gasteiger charge is 2.37. The summed E-state index contributed by atoms with van der Waals surface area (Å²) in [4.78, 5) is 10.2. The molecule has 2 atom stereocenters. The monoisotopic (exact) mass is 299 g/mol. The van der Waals surface area contributed by atoms with Crippen LogP contribution in [0, 0.1) is 11.8 Å². The lowest BCUT2D eigenvalue weighted by Gasteiger charge is -2.36. The van der Waals surface area contributed by atoms with Gasteiger partial charge in [-0.3, -0.25) is 14.8 Å². The minimum absolute atomic E-state index is 0.800. The molecule has 5 rings (SSSR count). The fourth-order valence-electron chi connectivity index (χ4n) is 4.25. The summed E-state index contributed by atoms with van der Waals surface area (Å²) >= 11 is 0. The smallest absolute Gasteiger partial charge is 0.0544 e. The van der Waals surface area contributed by atoms with Gasteiger partial charge in [0.1, 0.15) is 0 Å². The zero-order valence-electron chi connectivity index (χ0n) is 13.9. The average Bonchev–Trinajstić information content (AvgIpc) is 3.36. The molecule has 4 heterocycles. The van der Waals surface area contributed by atoms with E-state index in [4.69, 9.17) is 0 Å². The molecule has 1 saturated carbocycles. The Hall–Kier alpha value is -0.930. The van der Waals surface area contributed by atoms with Crippen LogP contribution in [-0.4, -0.2) is 47.0 Å². The molecule has 0 unspecified atom stereocenters. The molecule has 120 valence electrons. The molecule has 1 aliphatic carbocycles. The van der Waals surface area contributed by atoms with Gasteiger partial charge in [-0.1, -0.05) is 13.0 Å². The molecule has 3 nitrogen and oxygen atoms in total. The third kappa shape index (κ3) is 3.36. The standard InChI is InChI=1S/C19H29N3/c1-2-15-5-7-18(20-9-15)13-21-10-17-6-8-19(14-21)22(12-17)11-16-3-4-16/h5,7,9,16-17,19H,2-4,6,8,10-14H2,1H3/t17-,19+/m1/s1. The van der Waals surface area contributed by atoms with Gasteiger partial charge in [0, 0.05) is 45.0 Å². The number of piperidine rings is 1. The van der Waals surface area contributed by atoms with E-state index in [-0.39, 0.29) is 0 Å². The normalized spacial score (nSPS) is 29.7. The van der Waals surface area contributed by atoms with Crippen molar-refractivity contribution in [3.05, 3.63) is 29.6 Å². The highest BCUT2D eigenvalue weighted by atomic mass is 15.3. The number of aromatic nitrogens is 1. The number of aryl methyl sites for hydroxylation is 1. The Kier molecular flexibility index (Phi) is 4.19. The van der Waals surface area contributed by atoms with Crippen molar-refractivity contribution in [2.75, 3.05) is 26.2 Å². The molecule has 0 radical (unpaired) electrons. The molecule has 1 aromatic heterocycles. The van der Waals surface area contributed by atoms with Crippen LogP contribution < -0.4 is 0 Å². The van der Waals surface area contributed by atoms with Crippen molar-refractivity contribution in [2.24, 2.45) is 11.8 Å². The Morgan fingerprint density at radius 1 is 1.09 bits per heavy atom. The second kappa shape index (κ2) is 6.29. The maximum absolute atomic E-state index is 4.67. The van der Waals surface area contributed by atoms with E-state index in [1.54, 1.807) is 0 Å². The third-order valence-corrected chi connectivity index (χ3v) is 5.77. The van der Waals surface area contributed by atoms with Gasteiger partial charge in [0.2, 0.25) is 0 Å². The number of fused-ring (bicyclic) bond motifs is 4. The van der Waals surface area contributed by atoms with Gasteiger partial charge in [-0.25, -0.2) is 0 Å². The summed E-state index contributed by atoms with van der Waals surface area (Å²) in [5.41, 5.74) is 2.59. The topological polar surface area (TPSA) is 19.4 Å². The SMILES string of the molecule is CCc1ccc(CN2C[C@H]3CC[C@@H](C2)N(CC2CC2)C3)nc1. The van der Waals surface area contributed by atoms with Gasteiger partial charge in [-0.2, -0.15) is 0 Å². The van der Waals surface area contributed by atoms with Crippen LogP contribution in [0.3, 0.4) is 0 Å². The number of hydrogen-bond acceptors (Lipinski definition) is 3. The Bertz CT molecular complexity index is 494. The first-order valence-corrected chi connectivity index (χ1v) is 9.20. The second-order valence-electron chi connectivity index (χ2n) is 7.70. The molecule has 0 aromatic carbocycles. The molecular weight excluding hydrogens is 270 g/mol. The maximum atomic E-state index is 4.67. The molecule has 0 spiro atoms. The highest BCUT2D eigenvalue weighted by molar-refractivity contribution is 5.14. The summed E-state index contributed by atoms with van der Waals surface area (Å²) in [5.74, 6) is 1.91. The molecule has 0 amide bonds. The van der Waals surface area contributed by atoms with Crippen molar-refractivity contribution >= 4 is 0 Å². The van der Waals surface area contributed by atoms with Gasteiger partial charge >= 0.3 is 0 Å². The van der Waals surface area contributed by atoms with Gasteiger partial charge in [0.15, 0.2) is 0 Å². The van der Waals surface area contributed by atoms with E-state index in [1.165, 1.54) is 63.1 Å². The Labute approximate surface area is 134 Å². The zero-order valence-corrected chi connectivity index (χ0v) is 13.9. The zero-order chi connectivity index (χ0) is 14.9. The molecule has 22 heavy (non-hydrogen) atoms. The first-order valence-electron chi connectivity index (χ1n) is 9.20. The maximum Gasteiger partial charge on any atom is 0.0544 e. The van der Waals surface area contributed by atoms with E-state index in [0.717, 1.165) is 30.8 Å². The molecule has 3 heteroatoms. The van der Waals surface area contributed by atoms with Crippen molar-refractivity contribution in [1.82, 2.24) is 14.8 Å². The lowest BCUT2D eigenvalue weighted by atomic mass is 9.95. The lowest BCUT2D eigenvalue weighted by Crippen LogP contribution is -2.44. The molecular formula is C19H29N3. The summed E-state index contributed by atoms with van der Waals surface area (Å²) in [7, 11) is 0. The Morgan fingerprint density at radius 2 is 2.00 bits per heavy atom. The molecule has 3 aliphatic heterocycles. The molecule has 0 N–H and O–H groups in total. The minimum atomic E-state index is 0.800. The van der Waals surface area contributed by atoms with E-state index < -0.39 is 0 Å². The van der Waals surface area contributed by atoms with E-state index in [1.807, 2.05) is 0 Å². The number of pyridine rings is 1. The van der Waals surface area contributed by atoms with Crippen LogP contribution in [0.4, 0.5) is 0 Å². The summed E-state index contributed by atoms with van der Waals surface area (Å²) in [6, 6.07) is 5.27. The predicted octanol–water partition coefficient (Wildman–Crippen LogP) is 2.95. The van der Waals surface area contributed by atoms with Crippen LogP contribution in [0.25, 0.3) is 0 Å². The fraction of sp³-hybridized carbons (Fsp3) is 0.737.